The first-order chi connectivity index (χ1) is 5.65. The molecule has 66 valence electrons. The predicted molar refractivity (Wildman–Crippen MR) is 50.1 cm³/mol. The smallest absolute Gasteiger partial charge is 0.119 e. The molecule has 0 amide bonds. The SMILES string of the molecule is OC(CF)c1ccc(Cl)c(Br)c1. The number of hydrogen-bond donors (Lipinski definition) is 1. The molecule has 0 saturated heterocycles. The minimum atomic E-state index is -1.06. The summed E-state index contributed by atoms with van der Waals surface area (Å²) in [5.74, 6) is 0. The van der Waals surface area contributed by atoms with Gasteiger partial charge >= 0.3 is 0 Å². The zero-order chi connectivity index (χ0) is 9.14. The first kappa shape index (κ1) is 9.96. The van der Waals surface area contributed by atoms with Crippen LogP contribution >= 0.6 is 27.5 Å². The van der Waals surface area contributed by atoms with E-state index in [-0.39, 0.29) is 0 Å². The van der Waals surface area contributed by atoms with Crippen LogP contribution < -0.4 is 0 Å². The van der Waals surface area contributed by atoms with Crippen molar-refractivity contribution in [2.75, 3.05) is 6.67 Å². The Kier molecular flexibility index (Phi) is 3.50. The van der Waals surface area contributed by atoms with Crippen LogP contribution in [0.15, 0.2) is 22.7 Å². The fraction of sp³-hybridized carbons (Fsp3) is 0.250. The van der Waals surface area contributed by atoms with Crippen LogP contribution in [0.4, 0.5) is 4.39 Å². The molecule has 1 N–H and O–H groups in total. The van der Waals surface area contributed by atoms with E-state index < -0.39 is 12.8 Å². The molecule has 1 unspecified atom stereocenters. The van der Waals surface area contributed by atoms with Crippen molar-refractivity contribution in [1.29, 1.82) is 0 Å². The molecule has 4 heteroatoms. The number of halogens is 3. The Labute approximate surface area is 83.3 Å². The Balaban J connectivity index is 2.96. The molecule has 0 aromatic heterocycles. The van der Waals surface area contributed by atoms with Gasteiger partial charge in [-0.3, -0.25) is 0 Å². The van der Waals surface area contributed by atoms with Gasteiger partial charge in [-0.2, -0.15) is 0 Å². The van der Waals surface area contributed by atoms with Gasteiger partial charge in [0.2, 0.25) is 0 Å². The van der Waals surface area contributed by atoms with Crippen LogP contribution in [0.5, 0.6) is 0 Å². The fourth-order valence-electron chi connectivity index (χ4n) is 0.809. The summed E-state index contributed by atoms with van der Waals surface area (Å²) in [5, 5.41) is 9.65. The van der Waals surface area contributed by atoms with E-state index >= 15 is 0 Å². The summed E-state index contributed by atoms with van der Waals surface area (Å²) < 4.78 is 12.7. The molecule has 0 aliphatic carbocycles. The van der Waals surface area contributed by atoms with Crippen molar-refractivity contribution in [3.63, 3.8) is 0 Å². The number of benzene rings is 1. The quantitative estimate of drug-likeness (QED) is 0.859. The maximum absolute atomic E-state index is 12.0. The van der Waals surface area contributed by atoms with Crippen LogP contribution in [0.25, 0.3) is 0 Å². The van der Waals surface area contributed by atoms with Gasteiger partial charge in [-0.05, 0) is 33.6 Å². The summed E-state index contributed by atoms with van der Waals surface area (Å²) in [5.41, 5.74) is 0.522. The van der Waals surface area contributed by atoms with Crippen molar-refractivity contribution in [3.05, 3.63) is 33.3 Å². The molecule has 0 aliphatic heterocycles. The maximum atomic E-state index is 12.0. The second-order valence-electron chi connectivity index (χ2n) is 2.34. The van der Waals surface area contributed by atoms with Crippen LogP contribution in [0.3, 0.4) is 0 Å². The lowest BCUT2D eigenvalue weighted by atomic mass is 10.1. The molecule has 0 fully saturated rings. The molecule has 1 atom stereocenters. The summed E-state index contributed by atoms with van der Waals surface area (Å²) in [6, 6.07) is 4.81. The van der Waals surface area contributed by atoms with E-state index in [0.29, 0.717) is 15.1 Å². The highest BCUT2D eigenvalue weighted by molar-refractivity contribution is 9.10. The lowest BCUT2D eigenvalue weighted by Gasteiger charge is -2.06. The third kappa shape index (κ3) is 2.19. The van der Waals surface area contributed by atoms with Crippen LogP contribution in [0, 0.1) is 0 Å². The lowest BCUT2D eigenvalue weighted by molar-refractivity contribution is 0.141. The van der Waals surface area contributed by atoms with Crippen molar-refractivity contribution in [2.45, 2.75) is 6.10 Å². The molecule has 1 rings (SSSR count). The molecule has 1 nitrogen and oxygen atoms in total. The van der Waals surface area contributed by atoms with Crippen LogP contribution in [-0.4, -0.2) is 11.8 Å². The van der Waals surface area contributed by atoms with Crippen molar-refractivity contribution >= 4 is 27.5 Å². The second kappa shape index (κ2) is 4.21. The van der Waals surface area contributed by atoms with E-state index in [1.165, 1.54) is 0 Å². The number of aliphatic hydroxyl groups excluding tert-OH is 1. The van der Waals surface area contributed by atoms with Gasteiger partial charge in [0.25, 0.3) is 0 Å². The molecule has 0 radical (unpaired) electrons. The Hall–Kier alpha value is -0.120. The number of hydrogen-bond acceptors (Lipinski definition) is 1. The minimum Gasteiger partial charge on any atom is -0.386 e. The van der Waals surface area contributed by atoms with Gasteiger partial charge in [-0.15, -0.1) is 0 Å². The van der Waals surface area contributed by atoms with Crippen molar-refractivity contribution in [3.8, 4) is 0 Å². The topological polar surface area (TPSA) is 20.2 Å². The summed E-state index contributed by atoms with van der Waals surface area (Å²) in [6.45, 7) is -0.784. The molecule has 1 aromatic rings. The summed E-state index contributed by atoms with van der Waals surface area (Å²) >= 11 is 8.88. The zero-order valence-electron chi connectivity index (χ0n) is 6.10. The van der Waals surface area contributed by atoms with E-state index in [2.05, 4.69) is 15.9 Å². The highest BCUT2D eigenvalue weighted by Gasteiger charge is 2.07. The Morgan fingerprint density at radius 3 is 2.75 bits per heavy atom. The third-order valence-corrected chi connectivity index (χ3v) is 2.69. The van der Waals surface area contributed by atoms with E-state index in [0.717, 1.165) is 0 Å². The number of rotatable bonds is 2. The molecule has 0 spiro atoms. The van der Waals surface area contributed by atoms with Crippen molar-refractivity contribution in [2.24, 2.45) is 0 Å². The van der Waals surface area contributed by atoms with E-state index in [1.807, 2.05) is 0 Å². The van der Waals surface area contributed by atoms with Gasteiger partial charge < -0.3 is 5.11 Å². The van der Waals surface area contributed by atoms with Crippen molar-refractivity contribution < 1.29 is 9.50 Å². The summed E-state index contributed by atoms with van der Waals surface area (Å²) in [6.07, 6.45) is -1.06. The van der Waals surface area contributed by atoms with Gasteiger partial charge in [-0.25, -0.2) is 4.39 Å². The highest BCUT2D eigenvalue weighted by Crippen LogP contribution is 2.26. The average molecular weight is 253 g/mol. The zero-order valence-corrected chi connectivity index (χ0v) is 8.44. The van der Waals surface area contributed by atoms with E-state index in [9.17, 15) is 4.39 Å². The van der Waals surface area contributed by atoms with Crippen molar-refractivity contribution in [1.82, 2.24) is 0 Å². The fourth-order valence-corrected chi connectivity index (χ4v) is 1.32. The Bertz CT molecular complexity index is 280. The molecule has 12 heavy (non-hydrogen) atoms. The van der Waals surface area contributed by atoms with Gasteiger partial charge in [0.05, 0.1) is 5.02 Å². The predicted octanol–water partition coefficient (Wildman–Crippen LogP) is 3.11. The van der Waals surface area contributed by atoms with Gasteiger partial charge in [0, 0.05) is 4.47 Å². The Morgan fingerprint density at radius 1 is 1.58 bits per heavy atom. The molecule has 0 bridgehead atoms. The molecule has 0 saturated carbocycles. The van der Waals surface area contributed by atoms with E-state index in [4.69, 9.17) is 16.7 Å². The molecule has 0 heterocycles. The minimum absolute atomic E-state index is 0.522. The van der Waals surface area contributed by atoms with Crippen LogP contribution in [-0.2, 0) is 0 Å². The maximum Gasteiger partial charge on any atom is 0.119 e. The molecule has 1 aromatic carbocycles. The second-order valence-corrected chi connectivity index (χ2v) is 3.61. The largest absolute Gasteiger partial charge is 0.386 e. The molecule has 0 aliphatic rings. The van der Waals surface area contributed by atoms with E-state index in [1.54, 1.807) is 18.2 Å². The first-order valence-electron chi connectivity index (χ1n) is 3.34. The Morgan fingerprint density at radius 2 is 2.25 bits per heavy atom. The van der Waals surface area contributed by atoms with Gasteiger partial charge in [0.15, 0.2) is 0 Å². The van der Waals surface area contributed by atoms with Gasteiger partial charge in [0.1, 0.15) is 12.8 Å². The number of alkyl halides is 1. The summed E-state index contributed by atoms with van der Waals surface area (Å²) in [7, 11) is 0. The van der Waals surface area contributed by atoms with Crippen LogP contribution in [0.1, 0.15) is 11.7 Å². The average Bonchev–Trinajstić information content (AvgIpc) is 2.08. The standard InChI is InChI=1S/C8H7BrClFO/c9-6-3-5(8(12)4-11)1-2-7(6)10/h1-3,8,12H,4H2. The number of aliphatic hydroxyl groups is 1. The molecular weight excluding hydrogens is 246 g/mol. The van der Waals surface area contributed by atoms with Gasteiger partial charge in [-0.1, -0.05) is 17.7 Å². The molecular formula is C8H7BrClFO. The summed E-state index contributed by atoms with van der Waals surface area (Å²) in [4.78, 5) is 0. The highest BCUT2D eigenvalue weighted by atomic mass is 79.9. The lowest BCUT2D eigenvalue weighted by Crippen LogP contribution is -1.98. The first-order valence-corrected chi connectivity index (χ1v) is 4.51. The third-order valence-electron chi connectivity index (χ3n) is 1.47. The monoisotopic (exact) mass is 252 g/mol. The van der Waals surface area contributed by atoms with Crippen LogP contribution in [0.2, 0.25) is 5.02 Å². The normalized spacial score (nSPS) is 13.0.